The van der Waals surface area contributed by atoms with Gasteiger partial charge in [-0.25, -0.2) is 4.79 Å². The van der Waals surface area contributed by atoms with E-state index < -0.39 is 5.97 Å². The van der Waals surface area contributed by atoms with Crippen molar-refractivity contribution >= 4 is 11.5 Å². The van der Waals surface area contributed by atoms with Gasteiger partial charge in [-0.05, 0) is 24.6 Å². The Balaban J connectivity index is 2.51. The summed E-state index contributed by atoms with van der Waals surface area (Å²) in [6.45, 7) is 1.89. The lowest BCUT2D eigenvalue weighted by molar-refractivity contribution is -0.133. The third kappa shape index (κ3) is 1.62. The Hall–Kier alpha value is -1.97. The van der Waals surface area contributed by atoms with E-state index in [4.69, 9.17) is 14.6 Å². The topological polar surface area (TPSA) is 55.8 Å². The van der Waals surface area contributed by atoms with Gasteiger partial charge in [0.05, 0.1) is 12.7 Å². The van der Waals surface area contributed by atoms with Crippen LogP contribution in [0.25, 0.3) is 5.57 Å². The van der Waals surface area contributed by atoms with Crippen LogP contribution in [0.4, 0.5) is 0 Å². The number of aliphatic carboxylic acids is 1. The highest BCUT2D eigenvalue weighted by Crippen LogP contribution is 2.35. The van der Waals surface area contributed by atoms with Gasteiger partial charge < -0.3 is 14.6 Å². The van der Waals surface area contributed by atoms with E-state index in [2.05, 4.69) is 0 Å². The summed E-state index contributed by atoms with van der Waals surface area (Å²) in [6.07, 6.45) is 0. The highest BCUT2D eigenvalue weighted by Gasteiger charge is 2.21. The molecule has 0 atom stereocenters. The van der Waals surface area contributed by atoms with E-state index in [1.807, 2.05) is 6.07 Å². The maximum atomic E-state index is 10.9. The minimum atomic E-state index is -0.932. The number of fused-ring (bicyclic) bond motifs is 1. The molecule has 1 heterocycles. The molecule has 0 saturated carbocycles. The lowest BCUT2D eigenvalue weighted by Crippen LogP contribution is -2.16. The monoisotopic (exact) mass is 220 g/mol. The average molecular weight is 220 g/mol. The number of hydrogen-bond donors (Lipinski definition) is 1. The molecular weight excluding hydrogens is 208 g/mol. The van der Waals surface area contributed by atoms with Crippen LogP contribution in [0.1, 0.15) is 12.5 Å². The Morgan fingerprint density at radius 2 is 2.25 bits per heavy atom. The van der Waals surface area contributed by atoms with Crippen LogP contribution in [-0.4, -0.2) is 24.8 Å². The Morgan fingerprint density at radius 1 is 1.50 bits per heavy atom. The first-order valence-corrected chi connectivity index (χ1v) is 4.87. The van der Waals surface area contributed by atoms with Crippen LogP contribution >= 0.6 is 0 Å². The van der Waals surface area contributed by atoms with Crippen LogP contribution in [-0.2, 0) is 4.79 Å². The predicted molar refractivity (Wildman–Crippen MR) is 58.7 cm³/mol. The van der Waals surface area contributed by atoms with Crippen LogP contribution in [0, 0.1) is 0 Å². The van der Waals surface area contributed by atoms with Crippen molar-refractivity contribution in [1.82, 2.24) is 0 Å². The Morgan fingerprint density at radius 3 is 2.88 bits per heavy atom. The Bertz CT molecular complexity index is 474. The molecule has 84 valence electrons. The van der Waals surface area contributed by atoms with Gasteiger partial charge >= 0.3 is 5.97 Å². The van der Waals surface area contributed by atoms with E-state index in [9.17, 15) is 4.79 Å². The van der Waals surface area contributed by atoms with E-state index >= 15 is 0 Å². The smallest absolute Gasteiger partial charge is 0.335 e. The van der Waals surface area contributed by atoms with Gasteiger partial charge in [0, 0.05) is 11.6 Å². The maximum Gasteiger partial charge on any atom is 0.335 e. The number of methoxy groups -OCH3 is 1. The highest BCUT2D eigenvalue weighted by atomic mass is 16.5. The molecule has 1 aromatic carbocycles. The molecule has 0 spiro atoms. The first kappa shape index (κ1) is 10.5. The fraction of sp³-hybridized carbons (Fsp3) is 0.250. The van der Waals surface area contributed by atoms with Gasteiger partial charge in [0.25, 0.3) is 0 Å². The summed E-state index contributed by atoms with van der Waals surface area (Å²) in [7, 11) is 1.58. The summed E-state index contributed by atoms with van der Waals surface area (Å²) in [5.41, 5.74) is 1.86. The number of allylic oxidation sites excluding steroid dienone is 1. The fourth-order valence-corrected chi connectivity index (χ4v) is 1.70. The van der Waals surface area contributed by atoms with E-state index in [1.54, 1.807) is 26.2 Å². The van der Waals surface area contributed by atoms with Gasteiger partial charge in [-0.1, -0.05) is 0 Å². The van der Waals surface area contributed by atoms with Crippen molar-refractivity contribution in [3.8, 4) is 11.5 Å². The van der Waals surface area contributed by atoms with Crippen molar-refractivity contribution in [3.05, 3.63) is 29.3 Å². The molecule has 16 heavy (non-hydrogen) atoms. The molecule has 1 N–H and O–H groups in total. The van der Waals surface area contributed by atoms with Gasteiger partial charge in [-0.15, -0.1) is 0 Å². The van der Waals surface area contributed by atoms with Crippen LogP contribution in [0.3, 0.4) is 0 Å². The normalized spacial score (nSPS) is 14.1. The lowest BCUT2D eigenvalue weighted by atomic mass is 9.98. The predicted octanol–water partition coefficient (Wildman–Crippen LogP) is 1.95. The molecular formula is C12H12O4. The molecule has 1 aliphatic rings. The molecule has 1 aliphatic heterocycles. The van der Waals surface area contributed by atoms with Crippen LogP contribution in [0.2, 0.25) is 0 Å². The molecule has 4 nitrogen and oxygen atoms in total. The second kappa shape index (κ2) is 3.89. The van der Waals surface area contributed by atoms with Crippen molar-refractivity contribution < 1.29 is 19.4 Å². The Kier molecular flexibility index (Phi) is 2.56. The third-order valence-electron chi connectivity index (χ3n) is 2.68. The molecule has 0 unspecified atom stereocenters. The molecule has 0 radical (unpaired) electrons. The maximum absolute atomic E-state index is 10.9. The van der Waals surface area contributed by atoms with E-state index in [1.165, 1.54) is 0 Å². The van der Waals surface area contributed by atoms with Gasteiger partial charge in [0.2, 0.25) is 0 Å². The molecule has 0 fully saturated rings. The molecule has 0 saturated heterocycles. The first-order valence-electron chi connectivity index (χ1n) is 4.87. The largest absolute Gasteiger partial charge is 0.497 e. The number of carbonyl (C=O) groups is 1. The van der Waals surface area contributed by atoms with E-state index in [0.717, 1.165) is 11.1 Å². The summed E-state index contributed by atoms with van der Waals surface area (Å²) in [5.74, 6) is 0.436. The number of rotatable bonds is 2. The standard InChI is InChI=1S/C12H12O4/c1-7-9-4-3-8(15-2)5-11(9)16-6-10(7)12(13)14/h3-5H,6H2,1-2H3,(H,13,14). The minimum Gasteiger partial charge on any atom is -0.497 e. The van der Waals surface area contributed by atoms with E-state index in [0.29, 0.717) is 17.1 Å². The van der Waals surface area contributed by atoms with Gasteiger partial charge in [0.15, 0.2) is 0 Å². The fourth-order valence-electron chi connectivity index (χ4n) is 1.70. The van der Waals surface area contributed by atoms with Gasteiger partial charge in [0.1, 0.15) is 18.1 Å². The molecule has 0 amide bonds. The summed E-state index contributed by atoms with van der Waals surface area (Å²) >= 11 is 0. The zero-order chi connectivity index (χ0) is 11.7. The number of carboxylic acid groups (broad SMARTS) is 1. The molecule has 4 heteroatoms. The Labute approximate surface area is 93.1 Å². The zero-order valence-electron chi connectivity index (χ0n) is 9.11. The van der Waals surface area contributed by atoms with Crippen molar-refractivity contribution in [2.75, 3.05) is 13.7 Å². The van der Waals surface area contributed by atoms with Gasteiger partial charge in [-0.3, -0.25) is 0 Å². The number of benzene rings is 1. The summed E-state index contributed by atoms with van der Waals surface area (Å²) in [6, 6.07) is 5.36. The van der Waals surface area contributed by atoms with Crippen molar-refractivity contribution in [2.45, 2.75) is 6.92 Å². The van der Waals surface area contributed by atoms with Crippen LogP contribution in [0.15, 0.2) is 23.8 Å². The number of hydrogen-bond acceptors (Lipinski definition) is 3. The molecule has 0 aromatic heterocycles. The number of ether oxygens (including phenoxy) is 2. The average Bonchev–Trinajstić information content (AvgIpc) is 2.28. The van der Waals surface area contributed by atoms with Crippen molar-refractivity contribution in [1.29, 1.82) is 0 Å². The lowest BCUT2D eigenvalue weighted by Gasteiger charge is -2.20. The number of carboxylic acids is 1. The second-order valence-corrected chi connectivity index (χ2v) is 3.56. The molecule has 1 aromatic rings. The zero-order valence-corrected chi connectivity index (χ0v) is 9.11. The first-order chi connectivity index (χ1) is 7.63. The van der Waals surface area contributed by atoms with Crippen molar-refractivity contribution in [3.63, 3.8) is 0 Å². The minimum absolute atomic E-state index is 0.0985. The highest BCUT2D eigenvalue weighted by molar-refractivity contribution is 5.97. The third-order valence-corrected chi connectivity index (χ3v) is 2.68. The quantitative estimate of drug-likeness (QED) is 0.827. The second-order valence-electron chi connectivity index (χ2n) is 3.56. The summed E-state index contributed by atoms with van der Waals surface area (Å²) in [4.78, 5) is 10.9. The molecule has 0 bridgehead atoms. The SMILES string of the molecule is COc1ccc2c(c1)OCC(C(=O)O)=C2C. The van der Waals surface area contributed by atoms with Crippen LogP contribution in [0.5, 0.6) is 11.5 Å². The summed E-state index contributed by atoms with van der Waals surface area (Å²) < 4.78 is 10.5. The van der Waals surface area contributed by atoms with Crippen LogP contribution < -0.4 is 9.47 Å². The van der Waals surface area contributed by atoms with E-state index in [-0.39, 0.29) is 6.61 Å². The van der Waals surface area contributed by atoms with Gasteiger partial charge in [-0.2, -0.15) is 0 Å². The molecule has 0 aliphatic carbocycles. The summed E-state index contributed by atoms with van der Waals surface area (Å²) in [5, 5.41) is 8.97. The van der Waals surface area contributed by atoms with Crippen molar-refractivity contribution in [2.24, 2.45) is 0 Å². The molecule has 2 rings (SSSR count).